The van der Waals surface area contributed by atoms with Crippen molar-refractivity contribution in [1.82, 2.24) is 34.9 Å². The molecule has 2 unspecified atom stereocenters. The zero-order valence-corrected chi connectivity index (χ0v) is 18.3. The van der Waals surface area contributed by atoms with Crippen LogP contribution in [-0.4, -0.2) is 79.2 Å². The van der Waals surface area contributed by atoms with E-state index in [4.69, 9.17) is 4.74 Å². The third-order valence-electron chi connectivity index (χ3n) is 5.98. The topological polar surface area (TPSA) is 164 Å². The summed E-state index contributed by atoms with van der Waals surface area (Å²) in [6.07, 6.45) is 3.81. The fourth-order valence-corrected chi connectivity index (χ4v) is 4.16. The fraction of sp³-hybridized carbons (Fsp3) is 0.381. The number of pyridine rings is 1. The van der Waals surface area contributed by atoms with E-state index >= 15 is 0 Å². The summed E-state index contributed by atoms with van der Waals surface area (Å²) in [4.78, 5) is 61.7. The Balaban J connectivity index is 1.23. The lowest BCUT2D eigenvalue weighted by Gasteiger charge is -2.36. The standard InChI is InChI=1S/C21H22N8O5/c1-11(26-21(33)12-2-3-22-18-13(12)6-16(30)27-18)15-8-28(4-5-34-15)17(31)9-29-19-14(7-25-29)20(32)24-10-23-19/h2-3,7,10-11,15H,4-6,8-9H2,1H3,(H,26,33)(H,22,27,30)(H,23,24,32). The van der Waals surface area contributed by atoms with Crippen LogP contribution in [0.4, 0.5) is 5.82 Å². The van der Waals surface area contributed by atoms with Crippen molar-refractivity contribution >= 4 is 34.6 Å². The molecule has 1 saturated heterocycles. The van der Waals surface area contributed by atoms with Gasteiger partial charge in [0.05, 0.1) is 37.7 Å². The lowest BCUT2D eigenvalue weighted by Crippen LogP contribution is -2.54. The number of nitrogens with zero attached hydrogens (tertiary/aromatic N) is 5. The summed E-state index contributed by atoms with van der Waals surface area (Å²) in [6.45, 7) is 2.73. The SMILES string of the molecule is CC(NC(=O)c1ccnc2c1CC(=O)N2)C1CN(C(=O)Cn2ncc3c(=O)[nH]cnc32)CCO1. The van der Waals surface area contributed by atoms with Crippen molar-refractivity contribution < 1.29 is 19.1 Å². The minimum absolute atomic E-state index is 0.0718. The Morgan fingerprint density at radius 1 is 1.32 bits per heavy atom. The Labute approximate surface area is 192 Å². The van der Waals surface area contributed by atoms with Crippen LogP contribution >= 0.6 is 0 Å². The molecule has 0 bridgehead atoms. The summed E-state index contributed by atoms with van der Waals surface area (Å²) in [5.41, 5.74) is 0.963. The minimum atomic E-state index is -0.424. The molecule has 5 rings (SSSR count). The Morgan fingerprint density at radius 2 is 2.18 bits per heavy atom. The molecule has 3 amide bonds. The maximum Gasteiger partial charge on any atom is 0.261 e. The molecule has 176 valence electrons. The molecule has 13 heteroatoms. The number of anilines is 1. The van der Waals surface area contributed by atoms with Gasteiger partial charge in [-0.15, -0.1) is 0 Å². The van der Waals surface area contributed by atoms with Crippen molar-refractivity contribution in [3.63, 3.8) is 0 Å². The normalized spacial score (nSPS) is 18.4. The lowest BCUT2D eigenvalue weighted by atomic mass is 10.1. The average molecular weight is 466 g/mol. The number of morpholine rings is 1. The van der Waals surface area contributed by atoms with Crippen LogP contribution in [0.3, 0.4) is 0 Å². The Morgan fingerprint density at radius 3 is 3.03 bits per heavy atom. The Kier molecular flexibility index (Phi) is 5.53. The zero-order valence-electron chi connectivity index (χ0n) is 18.3. The first-order valence-corrected chi connectivity index (χ1v) is 10.8. The van der Waals surface area contributed by atoms with Crippen molar-refractivity contribution in [2.45, 2.75) is 32.0 Å². The molecule has 0 spiro atoms. The second-order valence-corrected chi connectivity index (χ2v) is 8.19. The molecule has 3 aromatic heterocycles. The maximum atomic E-state index is 12.9. The number of ether oxygens (including phenoxy) is 1. The molecule has 13 nitrogen and oxygen atoms in total. The summed E-state index contributed by atoms with van der Waals surface area (Å²) < 4.78 is 7.21. The zero-order chi connectivity index (χ0) is 23.8. The summed E-state index contributed by atoms with van der Waals surface area (Å²) >= 11 is 0. The van der Waals surface area contributed by atoms with E-state index in [-0.39, 0.29) is 42.8 Å². The number of rotatable bonds is 5. The van der Waals surface area contributed by atoms with Crippen LogP contribution in [0.5, 0.6) is 0 Å². The number of aromatic amines is 1. The molecule has 2 aliphatic heterocycles. The summed E-state index contributed by atoms with van der Waals surface area (Å²) in [7, 11) is 0. The van der Waals surface area contributed by atoms with E-state index in [1.165, 1.54) is 23.4 Å². The van der Waals surface area contributed by atoms with Crippen LogP contribution in [0, 0.1) is 0 Å². The predicted molar refractivity (Wildman–Crippen MR) is 118 cm³/mol. The van der Waals surface area contributed by atoms with E-state index in [0.717, 1.165) is 0 Å². The molecule has 1 fully saturated rings. The molecular weight excluding hydrogens is 444 g/mol. The summed E-state index contributed by atoms with van der Waals surface area (Å²) in [5.74, 6) is -0.339. The van der Waals surface area contributed by atoms with E-state index in [2.05, 4.69) is 30.7 Å². The van der Waals surface area contributed by atoms with E-state index in [1.54, 1.807) is 17.9 Å². The van der Waals surface area contributed by atoms with E-state index in [0.29, 0.717) is 41.1 Å². The van der Waals surface area contributed by atoms with Gasteiger partial charge in [-0.2, -0.15) is 5.10 Å². The summed E-state index contributed by atoms with van der Waals surface area (Å²) in [6, 6.07) is 1.18. The van der Waals surface area contributed by atoms with Crippen molar-refractivity contribution in [3.8, 4) is 0 Å². The molecular formula is C21H22N8O5. The minimum Gasteiger partial charge on any atom is -0.372 e. The van der Waals surface area contributed by atoms with Gasteiger partial charge in [0.15, 0.2) is 5.65 Å². The van der Waals surface area contributed by atoms with Gasteiger partial charge in [-0.25, -0.2) is 14.6 Å². The third kappa shape index (κ3) is 4.01. The van der Waals surface area contributed by atoms with Crippen LogP contribution < -0.4 is 16.2 Å². The van der Waals surface area contributed by atoms with Crippen LogP contribution in [0.15, 0.2) is 29.6 Å². The molecule has 3 aromatic rings. The second-order valence-electron chi connectivity index (χ2n) is 8.19. The van der Waals surface area contributed by atoms with Crippen LogP contribution in [0.25, 0.3) is 11.0 Å². The van der Waals surface area contributed by atoms with Gasteiger partial charge in [0, 0.05) is 30.4 Å². The van der Waals surface area contributed by atoms with E-state index in [9.17, 15) is 19.2 Å². The smallest absolute Gasteiger partial charge is 0.261 e. The second kappa shape index (κ2) is 8.67. The van der Waals surface area contributed by atoms with Crippen LogP contribution in [0.2, 0.25) is 0 Å². The maximum absolute atomic E-state index is 12.9. The molecule has 34 heavy (non-hydrogen) atoms. The van der Waals surface area contributed by atoms with Gasteiger partial charge in [-0.3, -0.25) is 19.2 Å². The predicted octanol–water partition coefficient (Wildman–Crippen LogP) is -0.945. The fourth-order valence-electron chi connectivity index (χ4n) is 4.16. The van der Waals surface area contributed by atoms with Crippen molar-refractivity contribution in [1.29, 1.82) is 0 Å². The average Bonchev–Trinajstić information content (AvgIpc) is 3.42. The molecule has 2 aliphatic rings. The lowest BCUT2D eigenvalue weighted by molar-refractivity contribution is -0.140. The first-order chi connectivity index (χ1) is 16.4. The van der Waals surface area contributed by atoms with Crippen molar-refractivity contribution in [3.05, 3.63) is 46.3 Å². The highest BCUT2D eigenvalue weighted by Crippen LogP contribution is 2.24. The number of aromatic nitrogens is 5. The molecule has 3 N–H and O–H groups in total. The molecule has 2 atom stereocenters. The first-order valence-electron chi connectivity index (χ1n) is 10.8. The van der Waals surface area contributed by atoms with Crippen LogP contribution in [0.1, 0.15) is 22.8 Å². The highest BCUT2D eigenvalue weighted by Gasteiger charge is 2.31. The van der Waals surface area contributed by atoms with Gasteiger partial charge in [0.25, 0.3) is 11.5 Å². The molecule has 0 radical (unpaired) electrons. The number of nitrogens with one attached hydrogen (secondary N) is 3. The molecule has 0 saturated carbocycles. The Hall–Kier alpha value is -4.13. The molecule has 0 aliphatic carbocycles. The largest absolute Gasteiger partial charge is 0.372 e. The number of carbonyl (C=O) groups is 3. The number of fused-ring (bicyclic) bond motifs is 2. The van der Waals surface area contributed by atoms with Crippen LogP contribution in [-0.2, 0) is 27.3 Å². The van der Waals surface area contributed by atoms with E-state index < -0.39 is 12.1 Å². The third-order valence-corrected chi connectivity index (χ3v) is 5.98. The molecule has 5 heterocycles. The monoisotopic (exact) mass is 466 g/mol. The van der Waals surface area contributed by atoms with Gasteiger partial charge >= 0.3 is 0 Å². The quantitative estimate of drug-likeness (QED) is 0.433. The number of hydrogen-bond donors (Lipinski definition) is 3. The van der Waals surface area contributed by atoms with E-state index in [1.807, 2.05) is 0 Å². The number of hydrogen-bond acceptors (Lipinski definition) is 8. The van der Waals surface area contributed by atoms with Gasteiger partial charge in [0.2, 0.25) is 11.8 Å². The van der Waals surface area contributed by atoms with Gasteiger partial charge in [-0.1, -0.05) is 0 Å². The highest BCUT2D eigenvalue weighted by atomic mass is 16.5. The van der Waals surface area contributed by atoms with Gasteiger partial charge < -0.3 is 25.3 Å². The molecule has 0 aromatic carbocycles. The Bertz CT molecular complexity index is 1350. The van der Waals surface area contributed by atoms with Gasteiger partial charge in [0.1, 0.15) is 17.7 Å². The highest BCUT2D eigenvalue weighted by molar-refractivity contribution is 6.04. The van der Waals surface area contributed by atoms with Gasteiger partial charge in [-0.05, 0) is 13.0 Å². The van der Waals surface area contributed by atoms with Crippen molar-refractivity contribution in [2.75, 3.05) is 25.0 Å². The number of H-pyrrole nitrogens is 1. The van der Waals surface area contributed by atoms with Crippen molar-refractivity contribution in [2.24, 2.45) is 0 Å². The number of carbonyl (C=O) groups excluding carboxylic acids is 3. The summed E-state index contributed by atoms with van der Waals surface area (Å²) in [5, 5.41) is 9.97. The first kappa shape index (κ1) is 21.7. The number of amides is 3.